The minimum Gasteiger partial charge on any atom is -0.493 e. The van der Waals surface area contributed by atoms with E-state index in [9.17, 15) is 15.0 Å². The van der Waals surface area contributed by atoms with Crippen molar-refractivity contribution in [1.82, 2.24) is 4.90 Å². The fraction of sp³-hybridized carbons (Fsp3) is 0.529. The topological polar surface area (TPSA) is 138 Å². The van der Waals surface area contributed by atoms with Crippen LogP contribution in [0.2, 0.25) is 0 Å². The summed E-state index contributed by atoms with van der Waals surface area (Å²) in [7, 11) is 1.73. The van der Waals surface area contributed by atoms with Gasteiger partial charge in [-0.25, -0.2) is 4.79 Å². The van der Waals surface area contributed by atoms with Crippen LogP contribution >= 0.6 is 11.8 Å². The molecule has 1 amide bonds. The summed E-state index contributed by atoms with van der Waals surface area (Å²) in [5.41, 5.74) is 3.70. The first kappa shape index (κ1) is 47.6. The van der Waals surface area contributed by atoms with Gasteiger partial charge in [-0.05, 0) is 91.8 Å². The highest BCUT2D eigenvalue weighted by Crippen LogP contribution is 2.62. The summed E-state index contributed by atoms with van der Waals surface area (Å²) in [6.45, 7) is 6.22. The second kappa shape index (κ2) is 24.2. The van der Waals surface area contributed by atoms with Gasteiger partial charge in [-0.2, -0.15) is 0 Å². The zero-order valence-electron chi connectivity index (χ0n) is 37.2. The maximum Gasteiger partial charge on any atom is 0.410 e. The smallest absolute Gasteiger partial charge is 0.410 e. The first-order valence-corrected chi connectivity index (χ1v) is 24.1. The van der Waals surface area contributed by atoms with Crippen LogP contribution in [0.1, 0.15) is 81.3 Å². The Hall–Kier alpha value is -4.37. The number of benzene rings is 3. The zero-order chi connectivity index (χ0) is 44.6. The number of oxime groups is 1. The molecule has 2 fully saturated rings. The van der Waals surface area contributed by atoms with Gasteiger partial charge in [0.2, 0.25) is 12.1 Å². The van der Waals surface area contributed by atoms with Crippen LogP contribution in [0.4, 0.5) is 4.79 Å². The van der Waals surface area contributed by atoms with Crippen LogP contribution < -0.4 is 9.47 Å². The van der Waals surface area contributed by atoms with Crippen LogP contribution in [0, 0.1) is 17.8 Å². The van der Waals surface area contributed by atoms with E-state index >= 15 is 0 Å². The van der Waals surface area contributed by atoms with Gasteiger partial charge in [0.1, 0.15) is 24.1 Å². The summed E-state index contributed by atoms with van der Waals surface area (Å²) < 4.78 is 38.5. The van der Waals surface area contributed by atoms with Crippen LogP contribution in [-0.2, 0) is 30.4 Å². The second-order valence-electron chi connectivity index (χ2n) is 16.9. The Morgan fingerprint density at radius 1 is 0.969 bits per heavy atom. The van der Waals surface area contributed by atoms with Crippen molar-refractivity contribution in [3.63, 3.8) is 0 Å². The van der Waals surface area contributed by atoms with E-state index in [0.717, 1.165) is 73.1 Å². The van der Waals surface area contributed by atoms with Gasteiger partial charge in [0.15, 0.2) is 0 Å². The lowest BCUT2D eigenvalue weighted by molar-refractivity contribution is -0.254. The molecule has 7 atom stereocenters. The van der Waals surface area contributed by atoms with Gasteiger partial charge >= 0.3 is 6.09 Å². The minimum atomic E-state index is -1.39. The minimum absolute atomic E-state index is 0.0578. The molecule has 0 bridgehead atoms. The third kappa shape index (κ3) is 11.9. The van der Waals surface area contributed by atoms with E-state index in [4.69, 9.17) is 38.4 Å². The Bertz CT molecular complexity index is 1980. The number of nitrogens with zero attached hydrogens (tertiary/aromatic N) is 2. The van der Waals surface area contributed by atoms with Crippen LogP contribution in [-0.4, -0.2) is 104 Å². The highest BCUT2D eigenvalue weighted by atomic mass is 32.2. The molecule has 0 radical (unpaired) electrons. The number of hydrogen-bond acceptors (Lipinski definition) is 12. The highest BCUT2D eigenvalue weighted by Gasteiger charge is 2.65. The summed E-state index contributed by atoms with van der Waals surface area (Å²) >= 11 is 1.75. The number of allylic oxidation sites excluding steroid dienone is 1. The fourth-order valence-corrected chi connectivity index (χ4v) is 10.5. The van der Waals surface area contributed by atoms with E-state index in [0.29, 0.717) is 44.1 Å². The lowest BCUT2D eigenvalue weighted by Crippen LogP contribution is -2.69. The maximum absolute atomic E-state index is 14.2. The number of amides is 1. The van der Waals surface area contributed by atoms with Gasteiger partial charge in [-0.15, -0.1) is 18.3 Å². The van der Waals surface area contributed by atoms with Crippen molar-refractivity contribution in [2.45, 2.75) is 99.7 Å². The molecule has 2 aliphatic heterocycles. The van der Waals surface area contributed by atoms with E-state index in [1.54, 1.807) is 29.8 Å². The van der Waals surface area contributed by atoms with E-state index in [-0.39, 0.29) is 57.2 Å². The van der Waals surface area contributed by atoms with Crippen molar-refractivity contribution >= 4 is 23.6 Å². The second-order valence-corrected chi connectivity index (χ2v) is 18.1. The highest BCUT2D eigenvalue weighted by molar-refractivity contribution is 7.99. The fourth-order valence-electron chi connectivity index (χ4n) is 9.75. The number of thioether (sulfide) groups is 1. The summed E-state index contributed by atoms with van der Waals surface area (Å²) in [4.78, 5) is 23.2. The van der Waals surface area contributed by atoms with Gasteiger partial charge in [0.05, 0.1) is 44.7 Å². The lowest BCUT2D eigenvalue weighted by atomic mass is 9.55. The maximum atomic E-state index is 14.2. The largest absolute Gasteiger partial charge is 0.493 e. The molecule has 3 aromatic carbocycles. The van der Waals surface area contributed by atoms with Crippen molar-refractivity contribution in [2.75, 3.05) is 59.0 Å². The Morgan fingerprint density at radius 3 is 2.50 bits per heavy atom. The Balaban J connectivity index is 1.27. The number of ether oxygens (including phenoxy) is 6. The SMILES string of the molecule is C=CCOC12Oc3ccc(OCCSc4ccccc4)cc3C3C(CCCCO)C(CCCCO)C=C(C(=NOC4CCCCO4)CC1N(C)C(=O)OCCOCc1ccccc1)C32. The van der Waals surface area contributed by atoms with E-state index in [1.807, 2.05) is 60.7 Å². The molecule has 346 valence electrons. The van der Waals surface area contributed by atoms with Crippen LogP contribution in [0.5, 0.6) is 11.5 Å². The molecule has 1 saturated carbocycles. The molecule has 64 heavy (non-hydrogen) atoms. The number of rotatable bonds is 24. The molecule has 2 heterocycles. The molecule has 7 rings (SSSR count). The third-order valence-corrected chi connectivity index (χ3v) is 13.7. The Labute approximate surface area is 382 Å². The molecule has 7 unspecified atom stereocenters. The molecule has 0 spiro atoms. The molecule has 4 aliphatic rings. The number of carbonyl (C=O) groups is 1. The number of fused-ring (bicyclic) bond motifs is 2. The number of likely N-dealkylation sites (N-methyl/N-ethyl adjacent to an activating group) is 1. The molecule has 1 saturated heterocycles. The van der Waals surface area contributed by atoms with Crippen molar-refractivity contribution in [1.29, 1.82) is 0 Å². The Morgan fingerprint density at radius 2 is 1.75 bits per heavy atom. The van der Waals surface area contributed by atoms with E-state index in [2.05, 4.69) is 30.9 Å². The number of aliphatic hydroxyl groups excluding tert-OH is 2. The van der Waals surface area contributed by atoms with Crippen molar-refractivity contribution in [2.24, 2.45) is 22.9 Å². The normalized spacial score (nSPS) is 25.3. The van der Waals surface area contributed by atoms with Gasteiger partial charge in [0, 0.05) is 55.2 Å². The average Bonchev–Trinajstić information content (AvgIpc) is 3.33. The van der Waals surface area contributed by atoms with Gasteiger partial charge in [-0.1, -0.05) is 78.7 Å². The predicted octanol–water partition coefficient (Wildman–Crippen LogP) is 9.30. The van der Waals surface area contributed by atoms with Crippen LogP contribution in [0.25, 0.3) is 0 Å². The number of unbranched alkanes of at least 4 members (excludes halogenated alkanes) is 2. The van der Waals surface area contributed by atoms with Gasteiger partial charge in [0.25, 0.3) is 0 Å². The van der Waals surface area contributed by atoms with Crippen molar-refractivity contribution in [3.05, 3.63) is 114 Å². The number of aliphatic hydroxyl groups is 2. The molecular formula is C51H66N2O10S. The first-order chi connectivity index (χ1) is 31.5. The average molecular weight is 899 g/mol. The van der Waals surface area contributed by atoms with Crippen LogP contribution in [0.15, 0.2) is 113 Å². The zero-order valence-corrected chi connectivity index (χ0v) is 38.0. The standard InChI is InChI=1S/C51H66N2O10S/c1-3-27-61-51-46(53(2)50(56)60-30-29-57-36-37-16-6-4-7-17-37)35-44(52-63-47-22-12-15-28-59-47)42-33-38(18-10-13-25-54)41(21-11-14-26-55)48(49(42)51)43-34-39(23-24-45(43)62-51)58-31-32-64-40-19-8-5-9-20-40/h3-9,16-17,19-20,23-24,33-34,38,41,46-49,54-55H,1,10-15,18,21-22,25-32,35-36H2,2H3. The van der Waals surface area contributed by atoms with Crippen molar-refractivity contribution in [3.8, 4) is 11.5 Å². The summed E-state index contributed by atoms with van der Waals surface area (Å²) in [6.07, 6.45) is 10.7. The number of hydrogen-bond donors (Lipinski definition) is 2. The first-order valence-electron chi connectivity index (χ1n) is 23.1. The van der Waals surface area contributed by atoms with Crippen molar-refractivity contribution < 1.29 is 48.3 Å². The third-order valence-electron chi connectivity index (χ3n) is 12.7. The molecule has 2 N–H and O–H groups in total. The summed E-state index contributed by atoms with van der Waals surface area (Å²) in [5, 5.41) is 24.8. The lowest BCUT2D eigenvalue weighted by Gasteiger charge is -2.59. The monoisotopic (exact) mass is 898 g/mol. The molecule has 3 aromatic rings. The quantitative estimate of drug-likeness (QED) is 0.0385. The molecule has 13 heteroatoms. The number of carbonyl (C=O) groups excluding carboxylic acids is 1. The van der Waals surface area contributed by atoms with E-state index in [1.165, 1.54) is 4.90 Å². The molecule has 12 nitrogen and oxygen atoms in total. The van der Waals surface area contributed by atoms with Crippen LogP contribution in [0.3, 0.4) is 0 Å². The molecule has 2 aliphatic carbocycles. The van der Waals surface area contributed by atoms with E-state index < -0.39 is 30.1 Å². The summed E-state index contributed by atoms with van der Waals surface area (Å²) in [5.74, 6) is 0.341. The van der Waals surface area contributed by atoms with Gasteiger partial charge < -0.3 is 48.4 Å². The Kier molecular flexibility index (Phi) is 18.0. The molecular weight excluding hydrogens is 833 g/mol. The molecule has 0 aromatic heterocycles. The summed E-state index contributed by atoms with van der Waals surface area (Å²) in [6, 6.07) is 25.5. The van der Waals surface area contributed by atoms with Gasteiger partial charge in [-0.3, -0.25) is 0 Å². The predicted molar refractivity (Wildman–Crippen MR) is 248 cm³/mol.